The zero-order chi connectivity index (χ0) is 51.9. The number of hydrogen-bond acceptors (Lipinski definition) is 11. The predicted molar refractivity (Wildman–Crippen MR) is 273 cm³/mol. The molecule has 4 aliphatic heterocycles. The van der Waals surface area contributed by atoms with Crippen LogP contribution in [0.25, 0.3) is 22.1 Å². The number of carboxylic acid groups (broad SMARTS) is 1. The minimum atomic E-state index is -1.28. The second-order valence-corrected chi connectivity index (χ2v) is 20.9. The molecule has 7 heterocycles. The van der Waals surface area contributed by atoms with Gasteiger partial charge in [0.2, 0.25) is 17.8 Å². The molecule has 0 saturated carbocycles. The van der Waals surface area contributed by atoms with Gasteiger partial charge in [-0.15, -0.1) is 0 Å². The summed E-state index contributed by atoms with van der Waals surface area (Å²) in [6.45, 7) is 9.73. The number of piperidine rings is 1. The third-order valence-corrected chi connectivity index (χ3v) is 15.6. The van der Waals surface area contributed by atoms with Crippen LogP contribution in [-0.4, -0.2) is 114 Å². The number of rotatable bonds is 13. The van der Waals surface area contributed by atoms with Crippen molar-refractivity contribution < 1.29 is 37.8 Å². The zero-order valence-corrected chi connectivity index (χ0v) is 42.4. The normalized spacial score (nSPS) is 21.3. The molecule has 4 aliphatic rings. The van der Waals surface area contributed by atoms with Gasteiger partial charge in [0.15, 0.2) is 0 Å². The molecule has 0 spiro atoms. The molecule has 0 unspecified atom stereocenters. The number of halogens is 2. The molecule has 18 nitrogen and oxygen atoms in total. The maximum atomic E-state index is 16.9. The summed E-state index contributed by atoms with van der Waals surface area (Å²) >= 11 is 0. The molecule has 74 heavy (non-hydrogen) atoms. The van der Waals surface area contributed by atoms with E-state index in [2.05, 4.69) is 49.8 Å². The number of alkyl carbamates (subject to hydrolysis) is 1. The van der Waals surface area contributed by atoms with E-state index in [9.17, 15) is 24.3 Å². The van der Waals surface area contributed by atoms with Crippen LogP contribution in [0.15, 0.2) is 67.0 Å². The number of aromatic amines is 2. The van der Waals surface area contributed by atoms with Gasteiger partial charge >= 0.3 is 12.2 Å². The Hall–Kier alpha value is -7.38. The standard InChI is InChI=1S/C54H64F2N12O6/c1-29(2)46(63-53(71)72)50(69)66-19-9-13-44(66)48-59-38-23-34(36(55)25-40(38)61-48)42-15-16-43(68(42)33-27-57-52(58-28-33)65-21-17-32(18-22-65)31-11-7-6-8-12-31)35-24-39-41(26-37(35)56)62-49(60-39)45-14-10-20-67(45)51(70)47(30(3)4)64-54(73)74-5/h6-8,11-12,23-30,32,42-47,63H,9-10,13-22H2,1-5H3,(H,59,61)(H,60,62)(H,64,73)(H,71,72)/t42-,43+,44+,45+,46+,47+/m1/s1. The fourth-order valence-electron chi connectivity index (χ4n) is 11.8. The minimum Gasteiger partial charge on any atom is -0.465 e. The van der Waals surface area contributed by atoms with Crippen LogP contribution in [0, 0.1) is 23.5 Å². The van der Waals surface area contributed by atoms with Crippen LogP contribution in [-0.2, 0) is 14.3 Å². The minimum absolute atomic E-state index is 0.214. The summed E-state index contributed by atoms with van der Waals surface area (Å²) in [5.41, 5.74) is 4.56. The Kier molecular flexibility index (Phi) is 14.1. The van der Waals surface area contributed by atoms with Gasteiger partial charge in [-0.2, -0.15) is 0 Å². The van der Waals surface area contributed by atoms with Gasteiger partial charge < -0.3 is 50.0 Å². The van der Waals surface area contributed by atoms with Crippen LogP contribution < -0.4 is 20.4 Å². The second kappa shape index (κ2) is 20.9. The van der Waals surface area contributed by atoms with E-state index in [1.165, 1.54) is 24.8 Å². The van der Waals surface area contributed by atoms with Gasteiger partial charge in [-0.05, 0) is 86.8 Å². The summed E-state index contributed by atoms with van der Waals surface area (Å²) in [5, 5.41) is 14.6. The molecular formula is C54H64F2N12O6. The first-order valence-electron chi connectivity index (χ1n) is 25.9. The van der Waals surface area contributed by atoms with Gasteiger partial charge in [-0.3, -0.25) is 9.59 Å². The molecule has 0 bridgehead atoms. The van der Waals surface area contributed by atoms with Crippen molar-refractivity contribution in [1.29, 1.82) is 0 Å². The van der Waals surface area contributed by atoms with Crippen LogP contribution in [0.3, 0.4) is 0 Å². The molecule has 4 amide bonds. The van der Waals surface area contributed by atoms with Gasteiger partial charge in [0, 0.05) is 49.4 Å². The number of anilines is 2. The van der Waals surface area contributed by atoms with Crippen molar-refractivity contribution in [3.05, 3.63) is 107 Å². The van der Waals surface area contributed by atoms with Crippen molar-refractivity contribution >= 4 is 57.7 Å². The van der Waals surface area contributed by atoms with E-state index in [1.54, 1.807) is 48.2 Å². The van der Waals surface area contributed by atoms with Gasteiger partial charge in [-0.25, -0.2) is 38.3 Å². The number of hydrogen-bond donors (Lipinski definition) is 5. The fourth-order valence-corrected chi connectivity index (χ4v) is 11.8. The van der Waals surface area contributed by atoms with E-state index in [0.717, 1.165) is 25.9 Å². The first kappa shape index (κ1) is 50.2. The van der Waals surface area contributed by atoms with Crippen molar-refractivity contribution in [3.63, 3.8) is 0 Å². The molecule has 10 rings (SSSR count). The average molecular weight is 1020 g/mol. The smallest absolute Gasteiger partial charge is 0.407 e. The van der Waals surface area contributed by atoms with Crippen LogP contribution in [0.1, 0.15) is 137 Å². The van der Waals surface area contributed by atoms with Crippen LogP contribution in [0.5, 0.6) is 0 Å². The summed E-state index contributed by atoms with van der Waals surface area (Å²) < 4.78 is 38.6. The maximum Gasteiger partial charge on any atom is 0.407 e. The Labute approximate surface area is 427 Å². The predicted octanol–water partition coefficient (Wildman–Crippen LogP) is 8.97. The SMILES string of the molecule is COC(=O)N[C@H](C(=O)N1CCC[C@H]1c1nc2cc(F)c([C@@H]3CC[C@H](c4cc5[nH]c([C@@H]6CCCN6C(=O)[C@@H](NC(=O)O)C(C)C)nc5cc4F)N3c3cnc(N4CCC(c5ccccc5)CC4)nc3)cc2[nH]1)C(C)C. The number of ether oxygens (including phenoxy) is 1. The highest BCUT2D eigenvalue weighted by Crippen LogP contribution is 2.49. The van der Waals surface area contributed by atoms with E-state index in [0.29, 0.717) is 114 Å². The molecule has 0 radical (unpaired) electrons. The molecule has 4 saturated heterocycles. The largest absolute Gasteiger partial charge is 0.465 e. The third kappa shape index (κ3) is 9.77. The molecule has 3 aromatic carbocycles. The number of carbonyl (C=O) groups excluding carboxylic acids is 3. The molecule has 6 atom stereocenters. The molecular weight excluding hydrogens is 951 g/mol. The number of carbonyl (C=O) groups is 4. The van der Waals surface area contributed by atoms with Crippen LogP contribution >= 0.6 is 0 Å². The first-order valence-corrected chi connectivity index (χ1v) is 25.9. The summed E-state index contributed by atoms with van der Waals surface area (Å²) in [5.74, 6) is -0.0715. The number of H-pyrrole nitrogens is 2. The Balaban J connectivity index is 0.969. The Morgan fingerprint density at radius 2 is 1.18 bits per heavy atom. The monoisotopic (exact) mass is 1010 g/mol. The number of benzene rings is 3. The van der Waals surface area contributed by atoms with E-state index < -0.39 is 60.1 Å². The number of amides is 4. The number of aromatic nitrogens is 6. The summed E-state index contributed by atoms with van der Waals surface area (Å²) in [7, 11) is 1.25. The maximum absolute atomic E-state index is 16.9. The lowest BCUT2D eigenvalue weighted by Crippen LogP contribution is -2.51. The Morgan fingerprint density at radius 3 is 1.65 bits per heavy atom. The highest BCUT2D eigenvalue weighted by Gasteiger charge is 2.42. The molecule has 0 aliphatic carbocycles. The topological polar surface area (TPSA) is 218 Å². The van der Waals surface area contributed by atoms with Gasteiger partial charge in [0.05, 0.1) is 71.4 Å². The molecule has 4 fully saturated rings. The van der Waals surface area contributed by atoms with Crippen molar-refractivity contribution in [3.8, 4) is 0 Å². The lowest BCUT2D eigenvalue weighted by molar-refractivity contribution is -0.136. The number of methoxy groups -OCH3 is 1. The highest BCUT2D eigenvalue weighted by molar-refractivity contribution is 5.87. The number of nitrogens with zero attached hydrogens (tertiary/aromatic N) is 8. The molecule has 20 heteroatoms. The van der Waals surface area contributed by atoms with E-state index >= 15 is 8.78 Å². The third-order valence-electron chi connectivity index (χ3n) is 15.6. The van der Waals surface area contributed by atoms with Gasteiger partial charge in [0.1, 0.15) is 35.4 Å². The lowest BCUT2D eigenvalue weighted by Gasteiger charge is -2.34. The van der Waals surface area contributed by atoms with Gasteiger partial charge in [-0.1, -0.05) is 58.0 Å². The first-order chi connectivity index (χ1) is 35.7. The fraction of sp³-hybridized carbons (Fsp3) is 0.481. The average Bonchev–Trinajstić information content (AvgIpc) is 4.27. The molecule has 6 aromatic rings. The van der Waals surface area contributed by atoms with Crippen molar-refractivity contribution in [2.45, 2.75) is 121 Å². The second-order valence-electron chi connectivity index (χ2n) is 20.9. The van der Waals surface area contributed by atoms with Crippen LogP contribution in [0.4, 0.5) is 30.0 Å². The number of likely N-dealkylation sites (tertiary alicyclic amines) is 2. The molecule has 5 N–H and O–H groups in total. The zero-order valence-electron chi connectivity index (χ0n) is 42.4. The molecule has 3 aromatic heterocycles. The Bertz CT molecular complexity index is 3030. The number of nitrogens with one attached hydrogen (secondary N) is 4. The van der Waals surface area contributed by atoms with Crippen LogP contribution in [0.2, 0.25) is 0 Å². The van der Waals surface area contributed by atoms with Crippen molar-refractivity contribution in [2.24, 2.45) is 11.8 Å². The lowest BCUT2D eigenvalue weighted by atomic mass is 9.90. The van der Waals surface area contributed by atoms with E-state index in [1.807, 2.05) is 24.8 Å². The quantitative estimate of drug-likeness (QED) is 0.0733. The Morgan fingerprint density at radius 1 is 0.676 bits per heavy atom. The summed E-state index contributed by atoms with van der Waals surface area (Å²) in [6, 6.07) is 13.0. The van der Waals surface area contributed by atoms with E-state index in [4.69, 9.17) is 24.7 Å². The summed E-state index contributed by atoms with van der Waals surface area (Å²) in [4.78, 5) is 85.3. The molecule has 390 valence electrons. The van der Waals surface area contributed by atoms with E-state index in [-0.39, 0.29) is 23.7 Å². The van der Waals surface area contributed by atoms with Crippen molar-refractivity contribution in [1.82, 2.24) is 50.3 Å². The highest BCUT2D eigenvalue weighted by atomic mass is 19.1. The number of fused-ring (bicyclic) bond motifs is 2. The van der Waals surface area contributed by atoms with Crippen molar-refractivity contribution in [2.75, 3.05) is 43.1 Å². The number of imidazole rings is 2. The van der Waals surface area contributed by atoms with Gasteiger partial charge in [0.25, 0.3) is 0 Å². The summed E-state index contributed by atoms with van der Waals surface area (Å²) in [6.07, 6.45) is 6.93.